The van der Waals surface area contributed by atoms with Gasteiger partial charge < -0.3 is 24.4 Å². The van der Waals surface area contributed by atoms with Gasteiger partial charge in [0.1, 0.15) is 0 Å². The molecule has 0 spiro atoms. The van der Waals surface area contributed by atoms with Crippen LogP contribution >= 0.6 is 23.2 Å². The molecule has 4 aromatic rings. The van der Waals surface area contributed by atoms with Gasteiger partial charge in [-0.05, 0) is 60.5 Å². The van der Waals surface area contributed by atoms with E-state index in [2.05, 4.69) is 30.8 Å². The summed E-state index contributed by atoms with van der Waals surface area (Å²) in [5.74, 6) is -2.28. The van der Waals surface area contributed by atoms with Crippen molar-refractivity contribution in [3.63, 3.8) is 0 Å². The van der Waals surface area contributed by atoms with E-state index in [1.165, 1.54) is 19.4 Å². The number of carbonyl (C=O) groups is 1. The minimum atomic E-state index is -1.23. The summed E-state index contributed by atoms with van der Waals surface area (Å²) >= 11 is 12.2. The maximum Gasteiger partial charge on any atom is 0.345 e. The molecule has 11 nitrogen and oxygen atoms in total. The smallest absolute Gasteiger partial charge is 0.345 e. The first-order chi connectivity index (χ1) is 21.2. The summed E-state index contributed by atoms with van der Waals surface area (Å²) in [4.78, 5) is 28.0. The zero-order chi connectivity index (χ0) is 31.2. The van der Waals surface area contributed by atoms with Gasteiger partial charge in [-0.25, -0.2) is 19.0 Å². The maximum atomic E-state index is 13.6. The van der Waals surface area contributed by atoms with E-state index in [1.54, 1.807) is 18.2 Å². The Labute approximate surface area is 260 Å². The van der Waals surface area contributed by atoms with Crippen LogP contribution in [0.25, 0.3) is 0 Å². The van der Waals surface area contributed by atoms with Gasteiger partial charge in [-0.2, -0.15) is 20.1 Å². The number of rotatable bonds is 9. The van der Waals surface area contributed by atoms with Crippen molar-refractivity contribution in [1.29, 1.82) is 0 Å². The number of nitrogens with zero attached hydrogens (tertiary/aromatic N) is 5. The van der Waals surface area contributed by atoms with Gasteiger partial charge in [0.2, 0.25) is 17.8 Å². The summed E-state index contributed by atoms with van der Waals surface area (Å²) in [5.41, 5.74) is 4.69. The summed E-state index contributed by atoms with van der Waals surface area (Å²) in [6.07, 6.45) is 1.48. The van der Waals surface area contributed by atoms with E-state index >= 15 is 0 Å². The highest BCUT2D eigenvalue weighted by Gasteiger charge is 2.20. The Morgan fingerprint density at radius 2 is 1.73 bits per heavy atom. The fourth-order valence-corrected chi connectivity index (χ4v) is 4.43. The molecule has 0 amide bonds. The molecule has 44 heavy (non-hydrogen) atoms. The van der Waals surface area contributed by atoms with Crippen molar-refractivity contribution in [2.24, 2.45) is 5.10 Å². The van der Waals surface area contributed by atoms with Crippen LogP contribution in [-0.2, 0) is 4.74 Å². The zero-order valence-corrected chi connectivity index (χ0v) is 24.9. The molecular formula is C29H25Cl2F2N7O4. The molecule has 0 bridgehead atoms. The van der Waals surface area contributed by atoms with Crippen molar-refractivity contribution in [2.75, 3.05) is 49.1 Å². The Balaban J connectivity index is 1.33. The van der Waals surface area contributed by atoms with Gasteiger partial charge in [0.25, 0.3) is 0 Å². The topological polar surface area (TPSA) is 123 Å². The van der Waals surface area contributed by atoms with E-state index in [-0.39, 0.29) is 34.0 Å². The van der Waals surface area contributed by atoms with Crippen molar-refractivity contribution < 1.29 is 27.8 Å². The maximum absolute atomic E-state index is 13.6. The number of methoxy groups -OCH3 is 1. The second-order valence-electron chi connectivity index (χ2n) is 9.39. The molecule has 3 aromatic carbocycles. The SMILES string of the molecule is COc1cc(C=NNc2nc(Nc3ccc(C)c(Cl)c3)nc(N3CCOCC3)n2)ccc1OC(=O)c1cc(F)c(F)cc1Cl. The van der Waals surface area contributed by atoms with E-state index in [1.807, 2.05) is 24.0 Å². The number of hydrazone groups is 1. The first kappa shape index (κ1) is 30.9. The number of morpholine rings is 1. The molecule has 5 rings (SSSR count). The Morgan fingerprint density at radius 1 is 0.977 bits per heavy atom. The van der Waals surface area contributed by atoms with Crippen LogP contribution < -0.4 is 25.1 Å². The number of hydrogen-bond donors (Lipinski definition) is 2. The van der Waals surface area contributed by atoms with Gasteiger partial charge in [0, 0.05) is 23.8 Å². The molecule has 2 N–H and O–H groups in total. The fraction of sp³-hybridized carbons (Fsp3) is 0.207. The Morgan fingerprint density at radius 3 is 2.48 bits per heavy atom. The number of carbonyl (C=O) groups excluding carboxylic acids is 1. The average molecular weight is 644 g/mol. The van der Waals surface area contributed by atoms with Gasteiger partial charge >= 0.3 is 5.97 Å². The van der Waals surface area contributed by atoms with Crippen molar-refractivity contribution in [1.82, 2.24) is 15.0 Å². The molecule has 1 saturated heterocycles. The lowest BCUT2D eigenvalue weighted by molar-refractivity contribution is 0.0729. The van der Waals surface area contributed by atoms with E-state index < -0.39 is 17.6 Å². The van der Waals surface area contributed by atoms with Gasteiger partial charge in [0.05, 0.1) is 37.1 Å². The third-order valence-corrected chi connectivity index (χ3v) is 7.06. The minimum absolute atomic E-state index is 0.0305. The van der Waals surface area contributed by atoms with Crippen molar-refractivity contribution in [2.45, 2.75) is 6.92 Å². The molecule has 1 aromatic heterocycles. The number of benzene rings is 3. The number of nitrogens with one attached hydrogen (secondary N) is 2. The lowest BCUT2D eigenvalue weighted by Crippen LogP contribution is -2.37. The molecule has 0 atom stereocenters. The van der Waals surface area contributed by atoms with Gasteiger partial charge in [-0.3, -0.25) is 0 Å². The molecule has 1 fully saturated rings. The lowest BCUT2D eigenvalue weighted by atomic mass is 10.2. The highest BCUT2D eigenvalue weighted by molar-refractivity contribution is 6.33. The normalized spacial score (nSPS) is 13.2. The molecule has 0 aliphatic carbocycles. The van der Waals surface area contributed by atoms with Crippen LogP contribution in [0.4, 0.5) is 32.3 Å². The van der Waals surface area contributed by atoms with Gasteiger partial charge in [-0.1, -0.05) is 29.3 Å². The van der Waals surface area contributed by atoms with Crippen LogP contribution in [0.15, 0.2) is 53.6 Å². The summed E-state index contributed by atoms with van der Waals surface area (Å²) in [5, 5.41) is 7.70. The molecular weight excluding hydrogens is 619 g/mol. The predicted octanol–water partition coefficient (Wildman–Crippen LogP) is 6.02. The van der Waals surface area contributed by atoms with Crippen molar-refractivity contribution >= 4 is 58.9 Å². The molecule has 228 valence electrons. The van der Waals surface area contributed by atoms with E-state index in [0.29, 0.717) is 60.7 Å². The number of aryl methyl sites for hydroxylation is 1. The summed E-state index contributed by atoms with van der Waals surface area (Å²) in [7, 11) is 1.38. The number of ether oxygens (including phenoxy) is 3. The second kappa shape index (κ2) is 13.8. The van der Waals surface area contributed by atoms with E-state index in [4.69, 9.17) is 37.4 Å². The average Bonchev–Trinajstić information content (AvgIpc) is 3.01. The molecule has 2 heterocycles. The monoisotopic (exact) mass is 643 g/mol. The van der Waals surface area contributed by atoms with E-state index in [0.717, 1.165) is 5.56 Å². The quantitative estimate of drug-likeness (QED) is 0.0736. The highest BCUT2D eigenvalue weighted by Crippen LogP contribution is 2.30. The highest BCUT2D eigenvalue weighted by atomic mass is 35.5. The number of aromatic nitrogens is 3. The standard InChI is InChI=1S/C29H25Cl2F2N7O4/c1-16-3-5-18(12-20(16)30)35-27-36-28(38-29(37-27)40-7-9-43-10-8-40)39-34-15-17-4-6-24(25(11-17)42-2)44-26(41)19-13-22(32)23(33)14-21(19)31/h3-6,11-15H,7-10H2,1-2H3,(H2,35,36,37,38,39). The van der Waals surface area contributed by atoms with Crippen LogP contribution in [-0.4, -0.2) is 60.5 Å². The minimum Gasteiger partial charge on any atom is -0.493 e. The van der Waals surface area contributed by atoms with Gasteiger partial charge in [0.15, 0.2) is 23.1 Å². The van der Waals surface area contributed by atoms with Crippen LogP contribution in [0.1, 0.15) is 21.5 Å². The molecule has 0 radical (unpaired) electrons. The third kappa shape index (κ3) is 7.48. The second-order valence-corrected chi connectivity index (χ2v) is 10.2. The van der Waals surface area contributed by atoms with Gasteiger partial charge in [-0.15, -0.1) is 0 Å². The largest absolute Gasteiger partial charge is 0.493 e. The number of halogens is 4. The third-order valence-electron chi connectivity index (χ3n) is 6.34. The van der Waals surface area contributed by atoms with Crippen LogP contribution in [0.3, 0.4) is 0 Å². The Hall–Kier alpha value is -4.59. The molecule has 0 saturated carbocycles. The summed E-state index contributed by atoms with van der Waals surface area (Å²) in [6, 6.07) is 11.5. The molecule has 0 unspecified atom stereocenters. The van der Waals surface area contributed by atoms with Crippen LogP contribution in [0, 0.1) is 18.6 Å². The number of hydrogen-bond acceptors (Lipinski definition) is 11. The molecule has 15 heteroatoms. The number of anilines is 4. The number of esters is 1. The first-order valence-corrected chi connectivity index (χ1v) is 13.9. The van der Waals surface area contributed by atoms with E-state index in [9.17, 15) is 13.6 Å². The summed E-state index contributed by atoms with van der Waals surface area (Å²) in [6.45, 7) is 4.23. The Kier molecular flexibility index (Phi) is 9.68. The first-order valence-electron chi connectivity index (χ1n) is 13.2. The predicted molar refractivity (Wildman–Crippen MR) is 163 cm³/mol. The summed E-state index contributed by atoms with van der Waals surface area (Å²) < 4.78 is 43.1. The lowest BCUT2D eigenvalue weighted by Gasteiger charge is -2.27. The van der Waals surface area contributed by atoms with Crippen LogP contribution in [0.5, 0.6) is 11.5 Å². The molecule has 1 aliphatic heterocycles. The van der Waals surface area contributed by atoms with Crippen LogP contribution in [0.2, 0.25) is 10.0 Å². The fourth-order valence-electron chi connectivity index (χ4n) is 4.02. The van der Waals surface area contributed by atoms with Crippen molar-refractivity contribution in [3.05, 3.63) is 86.9 Å². The zero-order valence-electron chi connectivity index (χ0n) is 23.4. The van der Waals surface area contributed by atoms with Crippen molar-refractivity contribution in [3.8, 4) is 11.5 Å². The molecule has 1 aliphatic rings. The Bertz CT molecular complexity index is 1720.